The molecular formula is C35H30S2. The Morgan fingerprint density at radius 1 is 0.649 bits per heavy atom. The van der Waals surface area contributed by atoms with Crippen LogP contribution in [0.4, 0.5) is 0 Å². The average Bonchev–Trinajstić information content (AvgIpc) is 3.44. The summed E-state index contributed by atoms with van der Waals surface area (Å²) in [5.74, 6) is 13.9. The van der Waals surface area contributed by atoms with Gasteiger partial charge in [0.1, 0.15) is 0 Å². The minimum atomic E-state index is 0.970. The lowest BCUT2D eigenvalue weighted by atomic mass is 9.99. The van der Waals surface area contributed by atoms with Gasteiger partial charge >= 0.3 is 0 Å². The summed E-state index contributed by atoms with van der Waals surface area (Å²) in [5.41, 5.74) is 2.36. The highest BCUT2D eigenvalue weighted by Gasteiger charge is 2.19. The quantitative estimate of drug-likeness (QED) is 0.153. The monoisotopic (exact) mass is 514 g/mol. The van der Waals surface area contributed by atoms with Crippen molar-refractivity contribution in [2.75, 3.05) is 0 Å². The normalized spacial score (nSPS) is 11.3. The molecule has 0 aliphatic rings. The van der Waals surface area contributed by atoms with Gasteiger partial charge in [-0.25, -0.2) is 0 Å². The van der Waals surface area contributed by atoms with Crippen LogP contribution < -0.4 is 0 Å². The van der Waals surface area contributed by atoms with Gasteiger partial charge in [0.2, 0.25) is 0 Å². The van der Waals surface area contributed by atoms with E-state index in [4.69, 9.17) is 0 Å². The Morgan fingerprint density at radius 3 is 1.78 bits per heavy atom. The maximum atomic E-state index is 3.66. The summed E-state index contributed by atoms with van der Waals surface area (Å²) in [6.07, 6.45) is 8.78. The van der Waals surface area contributed by atoms with Gasteiger partial charge in [0.05, 0.1) is 9.40 Å². The van der Waals surface area contributed by atoms with Crippen LogP contribution in [0.3, 0.4) is 0 Å². The fourth-order valence-electron chi connectivity index (χ4n) is 5.43. The second-order valence-corrected chi connectivity index (χ2v) is 11.9. The van der Waals surface area contributed by atoms with Crippen LogP contribution in [0.15, 0.2) is 60.7 Å². The zero-order valence-corrected chi connectivity index (χ0v) is 23.2. The van der Waals surface area contributed by atoms with Crippen LogP contribution in [0.2, 0.25) is 0 Å². The van der Waals surface area contributed by atoms with E-state index < -0.39 is 0 Å². The predicted molar refractivity (Wildman–Crippen MR) is 167 cm³/mol. The van der Waals surface area contributed by atoms with Gasteiger partial charge in [-0.2, -0.15) is 0 Å². The van der Waals surface area contributed by atoms with Crippen LogP contribution in [0.5, 0.6) is 0 Å². The standard InChI is InChI=1S/C35H30S2/c1-3-5-6-7-8-9-10-11-21-29-27-20-15-13-18-25(27)23-31-33(29)35-34(37-31)32-28(16-4-2)26-19-14-12-17-24(26)22-30(32)36-35/h12-15,17-20,22-23H,3,5-10H2,1-2H3. The highest BCUT2D eigenvalue weighted by Crippen LogP contribution is 2.49. The summed E-state index contributed by atoms with van der Waals surface area (Å²) >= 11 is 3.81. The van der Waals surface area contributed by atoms with Crippen molar-refractivity contribution in [2.24, 2.45) is 0 Å². The Morgan fingerprint density at radius 2 is 1.19 bits per heavy atom. The van der Waals surface area contributed by atoms with E-state index in [0.717, 1.165) is 12.0 Å². The van der Waals surface area contributed by atoms with Crippen molar-refractivity contribution in [3.63, 3.8) is 0 Å². The number of rotatable bonds is 6. The van der Waals surface area contributed by atoms with Gasteiger partial charge in [-0.1, -0.05) is 105 Å². The highest BCUT2D eigenvalue weighted by molar-refractivity contribution is 7.36. The second-order valence-electron chi connectivity index (χ2n) is 9.75. The summed E-state index contributed by atoms with van der Waals surface area (Å²) in [6.45, 7) is 4.21. The first-order chi connectivity index (χ1) is 18.3. The van der Waals surface area contributed by atoms with Crippen molar-refractivity contribution in [1.82, 2.24) is 0 Å². The molecule has 4 aromatic carbocycles. The number of hydrogen-bond donors (Lipinski definition) is 0. The van der Waals surface area contributed by atoms with E-state index in [1.807, 2.05) is 29.6 Å². The molecule has 0 unspecified atom stereocenters. The number of benzene rings is 4. The Kier molecular flexibility index (Phi) is 6.89. The van der Waals surface area contributed by atoms with E-state index in [1.54, 1.807) is 0 Å². The average molecular weight is 515 g/mol. The molecule has 0 atom stereocenters. The Balaban J connectivity index is 1.54. The van der Waals surface area contributed by atoms with Crippen LogP contribution in [0.25, 0.3) is 51.1 Å². The van der Waals surface area contributed by atoms with Gasteiger partial charge < -0.3 is 0 Å². The minimum absolute atomic E-state index is 0.970. The lowest BCUT2D eigenvalue weighted by Crippen LogP contribution is -1.82. The van der Waals surface area contributed by atoms with Gasteiger partial charge in [-0.05, 0) is 47.0 Å². The molecule has 2 heteroatoms. The summed E-state index contributed by atoms with van der Waals surface area (Å²) in [7, 11) is 0. The third-order valence-corrected chi connectivity index (χ3v) is 9.67. The van der Waals surface area contributed by atoms with E-state index in [-0.39, 0.29) is 0 Å². The summed E-state index contributed by atoms with van der Waals surface area (Å²) in [4.78, 5) is 0. The lowest BCUT2D eigenvalue weighted by Gasteiger charge is -2.04. The molecule has 0 N–H and O–H groups in total. The van der Waals surface area contributed by atoms with Gasteiger partial charge in [0.15, 0.2) is 0 Å². The molecule has 0 saturated carbocycles. The largest absolute Gasteiger partial charge is 0.133 e. The Bertz CT molecular complexity index is 1890. The number of hydrogen-bond acceptors (Lipinski definition) is 2. The first-order valence-electron chi connectivity index (χ1n) is 13.4. The fourth-order valence-corrected chi connectivity index (χ4v) is 8.25. The van der Waals surface area contributed by atoms with Gasteiger partial charge in [0.25, 0.3) is 0 Å². The fraction of sp³-hybridized carbons (Fsp3) is 0.257. The van der Waals surface area contributed by atoms with Gasteiger partial charge in [-0.15, -0.1) is 28.6 Å². The molecule has 37 heavy (non-hydrogen) atoms. The summed E-state index contributed by atoms with van der Waals surface area (Å²) in [5, 5.41) is 7.68. The SMILES string of the molecule is CC#Cc1c2ccccc2cc2sc3c(sc4cc5ccccc5c(C#CCCCCCCCC)c43)c12. The van der Waals surface area contributed by atoms with Crippen LogP contribution in [0.1, 0.15) is 69.9 Å². The van der Waals surface area contributed by atoms with E-state index in [1.165, 1.54) is 95.2 Å². The molecule has 182 valence electrons. The van der Waals surface area contributed by atoms with Crippen LogP contribution in [0, 0.1) is 23.7 Å². The van der Waals surface area contributed by atoms with Crippen molar-refractivity contribution in [1.29, 1.82) is 0 Å². The molecule has 0 aliphatic heterocycles. The number of unbranched alkanes of at least 4 members (excludes halogenated alkanes) is 6. The van der Waals surface area contributed by atoms with Crippen molar-refractivity contribution in [3.05, 3.63) is 71.8 Å². The zero-order valence-electron chi connectivity index (χ0n) is 21.5. The molecule has 0 saturated heterocycles. The predicted octanol–water partition coefficient (Wildman–Crippen LogP) is 11.0. The highest BCUT2D eigenvalue weighted by atomic mass is 32.1. The van der Waals surface area contributed by atoms with E-state index in [9.17, 15) is 0 Å². The topological polar surface area (TPSA) is 0 Å². The molecule has 0 nitrogen and oxygen atoms in total. The third-order valence-electron chi connectivity index (χ3n) is 7.23. The minimum Gasteiger partial charge on any atom is -0.133 e. The maximum absolute atomic E-state index is 3.66. The van der Waals surface area contributed by atoms with Gasteiger partial charge in [-0.3, -0.25) is 0 Å². The smallest absolute Gasteiger partial charge is 0.0555 e. The van der Waals surface area contributed by atoms with Crippen LogP contribution in [-0.4, -0.2) is 0 Å². The molecule has 0 spiro atoms. The van der Waals surface area contributed by atoms with Crippen LogP contribution >= 0.6 is 22.7 Å². The maximum Gasteiger partial charge on any atom is 0.0555 e. The summed E-state index contributed by atoms with van der Waals surface area (Å²) in [6, 6.07) is 22.1. The summed E-state index contributed by atoms with van der Waals surface area (Å²) < 4.78 is 5.36. The molecular weight excluding hydrogens is 485 g/mol. The van der Waals surface area contributed by atoms with Crippen LogP contribution in [-0.2, 0) is 0 Å². The molecule has 6 aromatic rings. The molecule has 2 heterocycles. The van der Waals surface area contributed by atoms with E-state index in [0.29, 0.717) is 0 Å². The molecule has 0 fully saturated rings. The molecule has 6 rings (SSSR count). The number of fused-ring (bicyclic) bond motifs is 7. The van der Waals surface area contributed by atoms with Crippen molar-refractivity contribution in [2.45, 2.75) is 58.8 Å². The molecule has 2 aromatic heterocycles. The van der Waals surface area contributed by atoms with Gasteiger partial charge in [0, 0.05) is 37.7 Å². The number of thiophene rings is 2. The van der Waals surface area contributed by atoms with E-state index in [2.05, 4.69) is 91.3 Å². The first-order valence-corrected chi connectivity index (χ1v) is 15.1. The Labute approximate surface area is 227 Å². The van der Waals surface area contributed by atoms with Crippen molar-refractivity contribution < 1.29 is 0 Å². The van der Waals surface area contributed by atoms with Crippen molar-refractivity contribution >= 4 is 73.8 Å². The Hall–Kier alpha value is -3.30. The third kappa shape index (κ3) is 4.40. The molecule has 0 aliphatic carbocycles. The molecule has 0 radical (unpaired) electrons. The van der Waals surface area contributed by atoms with E-state index >= 15 is 0 Å². The molecule has 0 amide bonds. The zero-order chi connectivity index (χ0) is 25.2. The second kappa shape index (κ2) is 10.6. The lowest BCUT2D eigenvalue weighted by molar-refractivity contribution is 0.614. The first kappa shape index (κ1) is 24.1. The van der Waals surface area contributed by atoms with Crippen molar-refractivity contribution in [3.8, 4) is 23.7 Å². The molecule has 0 bridgehead atoms.